The SMILES string of the molecule is O=C(O)CCCCC(=O)Nc1ccc([C@H]2O[C@@H](Cn3cnc4ccccc43)C[C@@H](c3ccc(CO)cc3)O2)cc1. The highest BCUT2D eigenvalue weighted by molar-refractivity contribution is 5.90. The van der Waals surface area contributed by atoms with Crippen molar-refractivity contribution in [2.24, 2.45) is 0 Å². The van der Waals surface area contributed by atoms with E-state index in [4.69, 9.17) is 14.6 Å². The third-order valence-electron chi connectivity index (χ3n) is 7.05. The summed E-state index contributed by atoms with van der Waals surface area (Å²) < 4.78 is 15.0. The first-order valence-electron chi connectivity index (χ1n) is 13.5. The molecular weight excluding hydrogens is 510 g/mol. The number of aromatic nitrogens is 2. The molecule has 0 unspecified atom stereocenters. The molecule has 9 heteroatoms. The molecule has 3 atom stereocenters. The van der Waals surface area contributed by atoms with Crippen molar-refractivity contribution in [3.63, 3.8) is 0 Å². The van der Waals surface area contributed by atoms with E-state index in [9.17, 15) is 14.7 Å². The number of amides is 1. The highest BCUT2D eigenvalue weighted by atomic mass is 16.7. The van der Waals surface area contributed by atoms with Crippen LogP contribution >= 0.6 is 0 Å². The normalized spacial score (nSPS) is 19.0. The number of hydrogen-bond acceptors (Lipinski definition) is 6. The molecule has 40 heavy (non-hydrogen) atoms. The second-order valence-corrected chi connectivity index (χ2v) is 10.0. The Morgan fingerprint density at radius 1 is 0.925 bits per heavy atom. The number of aliphatic hydroxyl groups excluding tert-OH is 1. The van der Waals surface area contributed by atoms with Gasteiger partial charge >= 0.3 is 5.97 Å². The van der Waals surface area contributed by atoms with Crippen LogP contribution < -0.4 is 5.32 Å². The van der Waals surface area contributed by atoms with Gasteiger partial charge in [0.1, 0.15) is 0 Å². The minimum atomic E-state index is -0.854. The Bertz CT molecular complexity index is 1430. The number of anilines is 1. The van der Waals surface area contributed by atoms with Gasteiger partial charge in [0.15, 0.2) is 6.29 Å². The maximum absolute atomic E-state index is 12.2. The number of benzene rings is 3. The number of hydrogen-bond donors (Lipinski definition) is 3. The van der Waals surface area contributed by atoms with Crippen molar-refractivity contribution in [3.05, 3.63) is 95.8 Å². The first-order chi connectivity index (χ1) is 19.5. The summed E-state index contributed by atoms with van der Waals surface area (Å²) in [6, 6.07) is 23.2. The van der Waals surface area contributed by atoms with Crippen molar-refractivity contribution in [1.82, 2.24) is 9.55 Å². The number of carboxylic acid groups (broad SMARTS) is 1. The lowest BCUT2D eigenvalue weighted by atomic mass is 10.00. The lowest BCUT2D eigenvalue weighted by molar-refractivity contribution is -0.252. The van der Waals surface area contributed by atoms with Gasteiger partial charge in [0, 0.05) is 30.5 Å². The van der Waals surface area contributed by atoms with Crippen LogP contribution in [0.5, 0.6) is 0 Å². The molecule has 2 heterocycles. The summed E-state index contributed by atoms with van der Waals surface area (Å²) in [6.07, 6.45) is 2.84. The fraction of sp³-hybridized carbons (Fsp3) is 0.323. The number of fused-ring (bicyclic) bond motifs is 1. The van der Waals surface area contributed by atoms with Crippen LogP contribution in [-0.4, -0.2) is 37.7 Å². The van der Waals surface area contributed by atoms with Gasteiger partial charge in [0.2, 0.25) is 5.91 Å². The summed E-state index contributed by atoms with van der Waals surface area (Å²) in [6.45, 7) is 0.598. The van der Waals surface area contributed by atoms with Crippen molar-refractivity contribution in [3.8, 4) is 0 Å². The number of aliphatic carboxylic acids is 1. The lowest BCUT2D eigenvalue weighted by Crippen LogP contribution is -2.32. The highest BCUT2D eigenvalue weighted by Gasteiger charge is 2.32. The predicted molar refractivity (Wildman–Crippen MR) is 149 cm³/mol. The van der Waals surface area contributed by atoms with Gasteiger partial charge in [-0.2, -0.15) is 0 Å². The first-order valence-corrected chi connectivity index (χ1v) is 13.5. The van der Waals surface area contributed by atoms with E-state index >= 15 is 0 Å². The Labute approximate surface area is 232 Å². The van der Waals surface area contributed by atoms with Gasteiger partial charge in [-0.25, -0.2) is 4.98 Å². The summed E-state index contributed by atoms with van der Waals surface area (Å²) in [5.74, 6) is -1.00. The summed E-state index contributed by atoms with van der Waals surface area (Å²) in [4.78, 5) is 27.4. The molecule has 208 valence electrons. The van der Waals surface area contributed by atoms with Crippen molar-refractivity contribution in [2.45, 2.75) is 63.8 Å². The van der Waals surface area contributed by atoms with Crippen LogP contribution in [-0.2, 0) is 32.2 Å². The molecule has 0 bridgehead atoms. The van der Waals surface area contributed by atoms with Crippen LogP contribution in [0.1, 0.15) is 61.2 Å². The molecule has 0 saturated carbocycles. The maximum atomic E-state index is 12.2. The van der Waals surface area contributed by atoms with Crippen LogP contribution in [0.2, 0.25) is 0 Å². The van der Waals surface area contributed by atoms with Gasteiger partial charge in [-0.05, 0) is 48.2 Å². The van der Waals surface area contributed by atoms with Crippen LogP contribution in [0.3, 0.4) is 0 Å². The number of rotatable bonds is 11. The summed E-state index contributed by atoms with van der Waals surface area (Å²) in [5, 5.41) is 21.0. The summed E-state index contributed by atoms with van der Waals surface area (Å²) in [5.41, 5.74) is 5.31. The molecule has 3 aromatic carbocycles. The fourth-order valence-electron chi connectivity index (χ4n) is 4.92. The minimum absolute atomic E-state index is 0.0148. The number of carboxylic acids is 1. The molecule has 1 aliphatic heterocycles. The van der Waals surface area contributed by atoms with Gasteiger partial charge in [-0.1, -0.05) is 48.5 Å². The quantitative estimate of drug-likeness (QED) is 0.218. The number of ether oxygens (including phenoxy) is 2. The molecular formula is C31H33N3O6. The Morgan fingerprint density at radius 2 is 1.65 bits per heavy atom. The van der Waals surface area contributed by atoms with E-state index < -0.39 is 12.3 Å². The second-order valence-electron chi connectivity index (χ2n) is 10.0. The monoisotopic (exact) mass is 543 g/mol. The zero-order chi connectivity index (χ0) is 27.9. The van der Waals surface area contributed by atoms with E-state index in [0.717, 1.165) is 27.7 Å². The van der Waals surface area contributed by atoms with Crippen LogP contribution in [0, 0.1) is 0 Å². The van der Waals surface area contributed by atoms with Gasteiger partial charge in [-0.3, -0.25) is 9.59 Å². The van der Waals surface area contributed by atoms with Crippen LogP contribution in [0.4, 0.5) is 5.69 Å². The van der Waals surface area contributed by atoms with E-state index in [0.29, 0.717) is 31.5 Å². The standard InChI is InChI=1S/C31H33N3O6/c35-19-21-9-11-22(12-10-21)28-17-25(18-34-20-32-26-5-1-2-6-27(26)34)39-31(40-28)23-13-15-24(16-14-23)33-29(36)7-3-4-8-30(37)38/h1-2,5-6,9-16,20,25,28,31,35H,3-4,7-8,17-19H2,(H,33,36)(H,37,38)/t25-,28+,31+/m1/s1. The first kappa shape index (κ1) is 27.5. The molecule has 3 N–H and O–H groups in total. The van der Waals surface area contributed by atoms with Crippen LogP contribution in [0.25, 0.3) is 11.0 Å². The highest BCUT2D eigenvalue weighted by Crippen LogP contribution is 2.39. The Morgan fingerprint density at radius 3 is 2.40 bits per heavy atom. The molecule has 1 amide bonds. The van der Waals surface area contributed by atoms with Crippen molar-refractivity contribution < 1.29 is 29.3 Å². The maximum Gasteiger partial charge on any atom is 0.303 e. The fourth-order valence-corrected chi connectivity index (χ4v) is 4.92. The lowest BCUT2D eigenvalue weighted by Gasteiger charge is -2.36. The second kappa shape index (κ2) is 12.9. The summed E-state index contributed by atoms with van der Waals surface area (Å²) in [7, 11) is 0. The Balaban J connectivity index is 1.29. The smallest absolute Gasteiger partial charge is 0.303 e. The average molecular weight is 544 g/mol. The number of carbonyl (C=O) groups excluding carboxylic acids is 1. The molecule has 1 fully saturated rings. The predicted octanol–water partition coefficient (Wildman–Crippen LogP) is 5.36. The zero-order valence-electron chi connectivity index (χ0n) is 22.1. The molecule has 0 radical (unpaired) electrons. The number of nitrogens with zero attached hydrogens (tertiary/aromatic N) is 2. The molecule has 5 rings (SSSR count). The number of para-hydroxylation sites is 2. The van der Waals surface area contributed by atoms with Gasteiger partial charge in [-0.15, -0.1) is 0 Å². The van der Waals surface area contributed by atoms with E-state index in [2.05, 4.69) is 14.9 Å². The van der Waals surface area contributed by atoms with Crippen LogP contribution in [0.15, 0.2) is 79.1 Å². The number of aliphatic hydroxyl groups is 1. The van der Waals surface area contributed by atoms with Gasteiger partial charge in [0.05, 0.1) is 42.7 Å². The molecule has 0 aliphatic carbocycles. The number of unbranched alkanes of at least 4 members (excludes halogenated alkanes) is 1. The third kappa shape index (κ3) is 6.93. The zero-order valence-corrected chi connectivity index (χ0v) is 22.1. The van der Waals surface area contributed by atoms with E-state index in [1.165, 1.54) is 0 Å². The van der Waals surface area contributed by atoms with E-state index in [-0.39, 0.29) is 37.6 Å². The van der Waals surface area contributed by atoms with Gasteiger partial charge in [0.25, 0.3) is 0 Å². The molecule has 1 aliphatic rings. The molecule has 0 spiro atoms. The van der Waals surface area contributed by atoms with Crippen molar-refractivity contribution in [1.29, 1.82) is 0 Å². The van der Waals surface area contributed by atoms with Crippen molar-refractivity contribution >= 4 is 28.6 Å². The van der Waals surface area contributed by atoms with Crippen molar-refractivity contribution in [2.75, 3.05) is 5.32 Å². The molecule has 1 saturated heterocycles. The number of carbonyl (C=O) groups is 2. The van der Waals surface area contributed by atoms with E-state index in [1.54, 1.807) is 0 Å². The molecule has 4 aromatic rings. The summed E-state index contributed by atoms with van der Waals surface area (Å²) >= 11 is 0. The largest absolute Gasteiger partial charge is 0.481 e. The number of imidazole rings is 1. The minimum Gasteiger partial charge on any atom is -0.481 e. The number of nitrogens with one attached hydrogen (secondary N) is 1. The molecule has 9 nitrogen and oxygen atoms in total. The van der Waals surface area contributed by atoms with Gasteiger partial charge < -0.3 is 29.6 Å². The Kier molecular flexibility index (Phi) is 8.85. The third-order valence-corrected chi connectivity index (χ3v) is 7.05. The Hall–Kier alpha value is -4.05. The average Bonchev–Trinajstić information content (AvgIpc) is 3.38. The van der Waals surface area contributed by atoms with E-state index in [1.807, 2.05) is 79.1 Å². The molecule has 1 aromatic heterocycles. The topological polar surface area (TPSA) is 123 Å².